The van der Waals surface area contributed by atoms with Gasteiger partial charge in [-0.1, -0.05) is 24.3 Å². The van der Waals surface area contributed by atoms with Gasteiger partial charge in [-0.2, -0.15) is 0 Å². The van der Waals surface area contributed by atoms with Gasteiger partial charge >= 0.3 is 0 Å². The fraction of sp³-hybridized carbons (Fsp3) is 0.227. The molecule has 2 aromatic heterocycles. The molecule has 30 heavy (non-hydrogen) atoms. The first-order chi connectivity index (χ1) is 14.6. The van der Waals surface area contributed by atoms with Crippen molar-refractivity contribution < 1.29 is 14.4 Å². The second kappa shape index (κ2) is 8.69. The zero-order chi connectivity index (χ0) is 20.9. The summed E-state index contributed by atoms with van der Waals surface area (Å²) in [5.74, 6) is -1.10. The Hall–Kier alpha value is -3.81. The van der Waals surface area contributed by atoms with E-state index in [-0.39, 0.29) is 23.4 Å². The number of para-hydroxylation sites is 1. The summed E-state index contributed by atoms with van der Waals surface area (Å²) in [6.45, 7) is 0.956. The summed E-state index contributed by atoms with van der Waals surface area (Å²) in [5, 5.41) is 0.936. The molecule has 1 aliphatic heterocycles. The van der Waals surface area contributed by atoms with Crippen LogP contribution in [0, 0.1) is 5.92 Å². The summed E-state index contributed by atoms with van der Waals surface area (Å²) in [4.78, 5) is 47.2. The quantitative estimate of drug-likeness (QED) is 0.651. The lowest BCUT2D eigenvalue weighted by atomic mass is 9.96. The van der Waals surface area contributed by atoms with Gasteiger partial charge in [0, 0.05) is 36.8 Å². The van der Waals surface area contributed by atoms with Gasteiger partial charge < -0.3 is 4.90 Å². The average molecular weight is 403 g/mol. The lowest BCUT2D eigenvalue weighted by molar-refractivity contribution is -0.127. The molecule has 0 radical (unpaired) electrons. The molecule has 1 aromatic carbocycles. The number of hydrogen-bond acceptors (Lipinski definition) is 5. The van der Waals surface area contributed by atoms with Crippen LogP contribution in [0.1, 0.15) is 33.7 Å². The van der Waals surface area contributed by atoms with Crippen LogP contribution in [-0.2, 0) is 4.79 Å². The van der Waals surface area contributed by atoms with Gasteiger partial charge in [0.05, 0.1) is 11.1 Å². The summed E-state index contributed by atoms with van der Waals surface area (Å²) in [6, 6.07) is 14.4. The number of piperidine rings is 1. The lowest BCUT2D eigenvalue weighted by Gasteiger charge is -2.31. The van der Waals surface area contributed by atoms with Crippen molar-refractivity contribution >= 4 is 28.6 Å². The smallest absolute Gasteiger partial charge is 0.288 e. The molecule has 8 nitrogen and oxygen atoms in total. The van der Waals surface area contributed by atoms with E-state index in [2.05, 4.69) is 20.8 Å². The standard InChI is InChI=1S/C22H21N5O3/c28-20(16-9-12-27(13-10-16)22(30)17-5-3-11-23-14-17)25-26-21(29)19-8-7-15-4-1-2-6-18(15)24-19/h1-8,11,14,16H,9-10,12-13H2,(H,25,28)(H,26,29). The first-order valence-corrected chi connectivity index (χ1v) is 9.77. The van der Waals surface area contributed by atoms with Crippen LogP contribution in [0.4, 0.5) is 0 Å². The Labute approximate surface area is 173 Å². The van der Waals surface area contributed by atoms with E-state index in [1.807, 2.05) is 30.3 Å². The Morgan fingerprint density at radius 1 is 0.933 bits per heavy atom. The van der Waals surface area contributed by atoms with Crippen molar-refractivity contribution in [2.24, 2.45) is 5.92 Å². The Morgan fingerprint density at radius 2 is 1.73 bits per heavy atom. The molecular weight excluding hydrogens is 382 g/mol. The highest BCUT2D eigenvalue weighted by Gasteiger charge is 2.28. The Morgan fingerprint density at radius 3 is 2.50 bits per heavy atom. The fourth-order valence-electron chi connectivity index (χ4n) is 3.49. The van der Waals surface area contributed by atoms with Gasteiger partial charge in [0.2, 0.25) is 5.91 Å². The maximum absolute atomic E-state index is 12.5. The predicted octanol–water partition coefficient (Wildman–Crippen LogP) is 1.94. The van der Waals surface area contributed by atoms with Gasteiger partial charge in [-0.05, 0) is 37.1 Å². The van der Waals surface area contributed by atoms with Gasteiger partial charge in [0.25, 0.3) is 11.8 Å². The molecule has 0 spiro atoms. The predicted molar refractivity (Wildman–Crippen MR) is 110 cm³/mol. The largest absolute Gasteiger partial charge is 0.339 e. The van der Waals surface area contributed by atoms with Crippen molar-refractivity contribution in [2.45, 2.75) is 12.8 Å². The number of nitrogens with one attached hydrogen (secondary N) is 2. The molecule has 3 amide bonds. The highest BCUT2D eigenvalue weighted by molar-refractivity contribution is 5.96. The van der Waals surface area contributed by atoms with Gasteiger partial charge in [-0.3, -0.25) is 30.2 Å². The van der Waals surface area contributed by atoms with E-state index in [0.29, 0.717) is 37.0 Å². The molecule has 8 heteroatoms. The summed E-state index contributed by atoms with van der Waals surface area (Å²) in [6.07, 6.45) is 4.22. The minimum absolute atomic E-state index is 0.0855. The summed E-state index contributed by atoms with van der Waals surface area (Å²) in [7, 11) is 0. The van der Waals surface area contributed by atoms with Crippen LogP contribution in [-0.4, -0.2) is 45.7 Å². The highest BCUT2D eigenvalue weighted by Crippen LogP contribution is 2.19. The third kappa shape index (κ3) is 4.27. The molecule has 0 bridgehead atoms. The van der Waals surface area contributed by atoms with Gasteiger partial charge in [0.15, 0.2) is 0 Å². The second-order valence-corrected chi connectivity index (χ2v) is 7.14. The van der Waals surface area contributed by atoms with Crippen molar-refractivity contribution in [3.05, 3.63) is 72.2 Å². The van der Waals surface area contributed by atoms with E-state index >= 15 is 0 Å². The number of benzene rings is 1. The first-order valence-electron chi connectivity index (χ1n) is 9.77. The molecule has 0 aliphatic carbocycles. The summed E-state index contributed by atoms with van der Waals surface area (Å²) in [5.41, 5.74) is 6.39. The van der Waals surface area contributed by atoms with E-state index < -0.39 is 5.91 Å². The van der Waals surface area contributed by atoms with Crippen molar-refractivity contribution in [3.8, 4) is 0 Å². The van der Waals surface area contributed by atoms with E-state index in [1.54, 1.807) is 29.3 Å². The molecule has 0 atom stereocenters. The molecule has 152 valence electrons. The molecule has 2 N–H and O–H groups in total. The number of nitrogens with zero attached hydrogens (tertiary/aromatic N) is 3. The van der Waals surface area contributed by atoms with E-state index in [9.17, 15) is 14.4 Å². The monoisotopic (exact) mass is 403 g/mol. The van der Waals surface area contributed by atoms with E-state index in [0.717, 1.165) is 5.39 Å². The third-order valence-corrected chi connectivity index (χ3v) is 5.19. The number of likely N-dealkylation sites (tertiary alicyclic amines) is 1. The molecule has 1 fully saturated rings. The number of rotatable bonds is 3. The molecule has 4 rings (SSSR count). The average Bonchev–Trinajstić information content (AvgIpc) is 2.82. The second-order valence-electron chi connectivity index (χ2n) is 7.14. The van der Waals surface area contributed by atoms with Crippen LogP contribution >= 0.6 is 0 Å². The van der Waals surface area contributed by atoms with Crippen molar-refractivity contribution in [1.82, 2.24) is 25.7 Å². The highest BCUT2D eigenvalue weighted by atomic mass is 16.2. The maximum atomic E-state index is 12.5. The van der Waals surface area contributed by atoms with Gasteiger partial charge in [0.1, 0.15) is 5.69 Å². The summed E-state index contributed by atoms with van der Waals surface area (Å²) < 4.78 is 0. The van der Waals surface area contributed by atoms with Crippen molar-refractivity contribution in [1.29, 1.82) is 0 Å². The van der Waals surface area contributed by atoms with Crippen LogP contribution in [0.2, 0.25) is 0 Å². The molecule has 3 aromatic rings. The molecule has 1 saturated heterocycles. The molecular formula is C22H21N5O3. The number of amides is 3. The minimum atomic E-state index is -0.474. The zero-order valence-electron chi connectivity index (χ0n) is 16.2. The molecule has 3 heterocycles. The third-order valence-electron chi connectivity index (χ3n) is 5.19. The van der Waals surface area contributed by atoms with Crippen LogP contribution in [0.15, 0.2) is 60.9 Å². The Kier molecular flexibility index (Phi) is 5.65. The van der Waals surface area contributed by atoms with Crippen molar-refractivity contribution in [2.75, 3.05) is 13.1 Å². The molecule has 0 unspecified atom stereocenters. The Balaban J connectivity index is 1.28. The van der Waals surface area contributed by atoms with Gasteiger partial charge in [-0.25, -0.2) is 4.98 Å². The zero-order valence-corrected chi connectivity index (χ0v) is 16.2. The normalized spacial score (nSPS) is 14.3. The number of hydrogen-bond donors (Lipinski definition) is 2. The van der Waals surface area contributed by atoms with Crippen LogP contribution in [0.3, 0.4) is 0 Å². The minimum Gasteiger partial charge on any atom is -0.339 e. The Bertz CT molecular complexity index is 1080. The van der Waals surface area contributed by atoms with Crippen LogP contribution < -0.4 is 10.9 Å². The SMILES string of the molecule is O=C(NNC(=O)C1CCN(C(=O)c2cccnc2)CC1)c1ccc2ccccc2n1. The molecule has 0 saturated carbocycles. The maximum Gasteiger partial charge on any atom is 0.288 e. The number of carbonyl (C=O) groups excluding carboxylic acids is 3. The van der Waals surface area contributed by atoms with Crippen molar-refractivity contribution in [3.63, 3.8) is 0 Å². The lowest BCUT2D eigenvalue weighted by Crippen LogP contribution is -2.48. The van der Waals surface area contributed by atoms with Crippen LogP contribution in [0.5, 0.6) is 0 Å². The molecule has 1 aliphatic rings. The first kappa shape index (κ1) is 19.5. The van der Waals surface area contributed by atoms with Crippen LogP contribution in [0.25, 0.3) is 10.9 Å². The van der Waals surface area contributed by atoms with E-state index in [4.69, 9.17) is 0 Å². The number of pyridine rings is 2. The number of fused-ring (bicyclic) bond motifs is 1. The van der Waals surface area contributed by atoms with E-state index in [1.165, 1.54) is 6.20 Å². The number of carbonyl (C=O) groups is 3. The topological polar surface area (TPSA) is 104 Å². The fourth-order valence-corrected chi connectivity index (χ4v) is 3.49. The summed E-state index contributed by atoms with van der Waals surface area (Å²) >= 11 is 0. The van der Waals surface area contributed by atoms with Gasteiger partial charge in [-0.15, -0.1) is 0 Å². The number of hydrazine groups is 1. The number of aromatic nitrogens is 2.